The van der Waals surface area contributed by atoms with Crippen LogP contribution in [-0.4, -0.2) is 42.8 Å². The van der Waals surface area contributed by atoms with Gasteiger partial charge in [0.1, 0.15) is 5.52 Å². The van der Waals surface area contributed by atoms with Gasteiger partial charge in [-0.1, -0.05) is 0 Å². The molecule has 4 rings (SSSR count). The first kappa shape index (κ1) is 15.0. The molecule has 0 N–H and O–H groups in total. The summed E-state index contributed by atoms with van der Waals surface area (Å²) < 4.78 is 1.82. The lowest BCUT2D eigenvalue weighted by molar-refractivity contribution is 0.491. The van der Waals surface area contributed by atoms with Crippen LogP contribution in [0.15, 0.2) is 18.5 Å². The van der Waals surface area contributed by atoms with Crippen LogP contribution in [0.25, 0.3) is 11.2 Å². The van der Waals surface area contributed by atoms with Crippen LogP contribution >= 0.6 is 0 Å². The van der Waals surface area contributed by atoms with E-state index in [1.54, 1.807) is 12.4 Å². The average Bonchev–Trinajstić information content (AvgIpc) is 2.92. The van der Waals surface area contributed by atoms with Gasteiger partial charge in [0.2, 0.25) is 5.95 Å². The second-order valence-corrected chi connectivity index (χ2v) is 6.47. The van der Waals surface area contributed by atoms with Gasteiger partial charge in [-0.15, -0.1) is 0 Å². The third kappa shape index (κ3) is 2.60. The molecule has 124 valence electrons. The van der Waals surface area contributed by atoms with Gasteiger partial charge in [-0.05, 0) is 32.8 Å². The molecule has 1 atom stereocenters. The zero-order valence-corrected chi connectivity index (χ0v) is 14.3. The van der Waals surface area contributed by atoms with E-state index in [9.17, 15) is 0 Å². The molecule has 1 unspecified atom stereocenters. The van der Waals surface area contributed by atoms with Crippen LogP contribution in [0.2, 0.25) is 0 Å². The van der Waals surface area contributed by atoms with Crippen molar-refractivity contribution < 1.29 is 0 Å². The normalized spacial score (nSPS) is 18.3. The monoisotopic (exact) mass is 323 g/mol. The molecule has 0 aromatic carbocycles. The highest BCUT2D eigenvalue weighted by Gasteiger charge is 2.27. The zero-order valence-electron chi connectivity index (χ0n) is 14.3. The van der Waals surface area contributed by atoms with Crippen molar-refractivity contribution in [2.45, 2.75) is 32.6 Å². The Bertz CT molecular complexity index is 866. The van der Waals surface area contributed by atoms with Gasteiger partial charge in [0.25, 0.3) is 0 Å². The Morgan fingerprint density at radius 3 is 2.62 bits per heavy atom. The first-order valence-corrected chi connectivity index (χ1v) is 8.32. The van der Waals surface area contributed by atoms with Crippen molar-refractivity contribution in [2.24, 2.45) is 7.05 Å². The van der Waals surface area contributed by atoms with Gasteiger partial charge in [0.05, 0.1) is 5.69 Å². The van der Waals surface area contributed by atoms with Crippen molar-refractivity contribution in [1.29, 1.82) is 0 Å². The molecule has 4 heterocycles. The highest BCUT2D eigenvalue weighted by atomic mass is 15.3. The van der Waals surface area contributed by atoms with E-state index in [1.807, 2.05) is 31.6 Å². The van der Waals surface area contributed by atoms with Crippen LogP contribution in [0.3, 0.4) is 0 Å². The van der Waals surface area contributed by atoms with E-state index in [-0.39, 0.29) is 0 Å². The van der Waals surface area contributed by atoms with Gasteiger partial charge in [-0.25, -0.2) is 24.6 Å². The summed E-state index contributed by atoms with van der Waals surface area (Å²) in [6, 6.07) is 2.01. The van der Waals surface area contributed by atoms with E-state index in [4.69, 9.17) is 5.10 Å². The topological polar surface area (TPSA) is 72.6 Å². The van der Waals surface area contributed by atoms with E-state index in [0.29, 0.717) is 5.92 Å². The SMILES string of the molecule is Cc1cc(C)nc(N2CCCC(c3nn(C)c4nccnc34)C2)n1. The number of rotatable bonds is 2. The van der Waals surface area contributed by atoms with Crippen LogP contribution in [-0.2, 0) is 7.05 Å². The Morgan fingerprint density at radius 2 is 1.83 bits per heavy atom. The number of aryl methyl sites for hydroxylation is 3. The van der Waals surface area contributed by atoms with Crippen LogP contribution < -0.4 is 4.90 Å². The molecule has 0 amide bonds. The Kier molecular flexibility index (Phi) is 3.63. The molecule has 0 bridgehead atoms. The van der Waals surface area contributed by atoms with Crippen LogP contribution in [0, 0.1) is 13.8 Å². The summed E-state index contributed by atoms with van der Waals surface area (Å²) in [4.78, 5) is 20.4. The molecule has 3 aromatic rings. The molecule has 24 heavy (non-hydrogen) atoms. The summed E-state index contributed by atoms with van der Waals surface area (Å²) in [5, 5.41) is 4.70. The third-order valence-electron chi connectivity index (χ3n) is 4.55. The van der Waals surface area contributed by atoms with E-state index in [0.717, 1.165) is 60.1 Å². The summed E-state index contributed by atoms with van der Waals surface area (Å²) >= 11 is 0. The number of hydrogen-bond acceptors (Lipinski definition) is 6. The fourth-order valence-corrected chi connectivity index (χ4v) is 3.51. The summed E-state index contributed by atoms with van der Waals surface area (Å²) in [6.45, 7) is 5.88. The smallest absolute Gasteiger partial charge is 0.225 e. The maximum atomic E-state index is 4.70. The Morgan fingerprint density at radius 1 is 1.08 bits per heavy atom. The number of aromatic nitrogens is 6. The first-order chi connectivity index (χ1) is 11.6. The van der Waals surface area contributed by atoms with Gasteiger partial charge in [-0.3, -0.25) is 0 Å². The lowest BCUT2D eigenvalue weighted by Gasteiger charge is -2.32. The predicted molar refractivity (Wildman–Crippen MR) is 92.0 cm³/mol. The van der Waals surface area contributed by atoms with Gasteiger partial charge >= 0.3 is 0 Å². The van der Waals surface area contributed by atoms with Crippen molar-refractivity contribution in [3.63, 3.8) is 0 Å². The van der Waals surface area contributed by atoms with Crippen molar-refractivity contribution in [3.8, 4) is 0 Å². The lowest BCUT2D eigenvalue weighted by Crippen LogP contribution is -2.36. The second kappa shape index (κ2) is 5.81. The molecular formula is C17H21N7. The minimum Gasteiger partial charge on any atom is -0.340 e. The largest absolute Gasteiger partial charge is 0.340 e. The molecular weight excluding hydrogens is 302 g/mol. The Labute approximate surface area is 140 Å². The van der Waals surface area contributed by atoms with Crippen LogP contribution in [0.4, 0.5) is 5.95 Å². The summed E-state index contributed by atoms with van der Waals surface area (Å²) in [5.74, 6) is 1.15. The molecule has 1 aliphatic rings. The van der Waals surface area contributed by atoms with Crippen molar-refractivity contribution in [1.82, 2.24) is 29.7 Å². The number of piperidine rings is 1. The fourth-order valence-electron chi connectivity index (χ4n) is 3.51. The maximum Gasteiger partial charge on any atom is 0.225 e. The zero-order chi connectivity index (χ0) is 16.7. The molecule has 1 saturated heterocycles. The molecule has 1 fully saturated rings. The van der Waals surface area contributed by atoms with E-state index >= 15 is 0 Å². The minimum atomic E-state index is 0.323. The molecule has 7 heteroatoms. The van der Waals surface area contributed by atoms with Crippen LogP contribution in [0.5, 0.6) is 0 Å². The molecule has 1 aliphatic heterocycles. The maximum absolute atomic E-state index is 4.70. The molecule has 0 spiro atoms. The van der Waals surface area contributed by atoms with E-state index in [1.165, 1.54) is 0 Å². The summed E-state index contributed by atoms with van der Waals surface area (Å²) in [5.41, 5.74) is 4.80. The van der Waals surface area contributed by atoms with Crippen molar-refractivity contribution >= 4 is 17.1 Å². The number of anilines is 1. The summed E-state index contributed by atoms with van der Waals surface area (Å²) in [6.07, 6.45) is 5.65. The minimum absolute atomic E-state index is 0.323. The lowest BCUT2D eigenvalue weighted by atomic mass is 9.94. The Hall–Kier alpha value is -2.57. The first-order valence-electron chi connectivity index (χ1n) is 8.32. The van der Waals surface area contributed by atoms with Crippen molar-refractivity contribution in [2.75, 3.05) is 18.0 Å². The fraction of sp³-hybridized carbons (Fsp3) is 0.471. The molecule has 0 radical (unpaired) electrons. The third-order valence-corrected chi connectivity index (χ3v) is 4.55. The predicted octanol–water partition coefficient (Wildman–Crippen LogP) is 2.15. The van der Waals surface area contributed by atoms with Gasteiger partial charge < -0.3 is 4.90 Å². The molecule has 0 saturated carbocycles. The number of nitrogens with zero attached hydrogens (tertiary/aromatic N) is 7. The molecule has 7 nitrogen and oxygen atoms in total. The van der Waals surface area contributed by atoms with Gasteiger partial charge in [0.15, 0.2) is 5.65 Å². The van der Waals surface area contributed by atoms with Crippen molar-refractivity contribution in [3.05, 3.63) is 35.5 Å². The quantitative estimate of drug-likeness (QED) is 0.719. The molecule has 0 aliphatic carbocycles. The van der Waals surface area contributed by atoms with Gasteiger partial charge in [0, 0.05) is 49.8 Å². The second-order valence-electron chi connectivity index (χ2n) is 6.47. The highest BCUT2D eigenvalue weighted by molar-refractivity contribution is 5.73. The average molecular weight is 323 g/mol. The number of hydrogen-bond donors (Lipinski definition) is 0. The summed E-state index contributed by atoms with van der Waals surface area (Å²) in [7, 11) is 1.92. The van der Waals surface area contributed by atoms with E-state index in [2.05, 4.69) is 24.8 Å². The highest BCUT2D eigenvalue weighted by Crippen LogP contribution is 2.31. The Balaban J connectivity index is 1.67. The van der Waals surface area contributed by atoms with Gasteiger partial charge in [-0.2, -0.15) is 5.10 Å². The number of fused-ring (bicyclic) bond motifs is 1. The van der Waals surface area contributed by atoms with Crippen LogP contribution in [0.1, 0.15) is 35.8 Å². The van der Waals surface area contributed by atoms with E-state index < -0.39 is 0 Å². The molecule has 3 aromatic heterocycles. The standard InChI is InChI=1S/C17H21N7/c1-11-9-12(2)21-17(20-11)24-8-4-5-13(10-24)14-15-16(23(3)22-14)19-7-6-18-15/h6-7,9,13H,4-5,8,10H2,1-3H3.